The summed E-state index contributed by atoms with van der Waals surface area (Å²) >= 11 is 0. The van der Waals surface area contributed by atoms with Crippen molar-refractivity contribution in [2.75, 3.05) is 7.11 Å². The van der Waals surface area contributed by atoms with E-state index in [4.69, 9.17) is 0 Å². The molecule has 0 N–H and O–H groups in total. The van der Waals surface area contributed by atoms with Gasteiger partial charge in [0.25, 0.3) is 0 Å². The van der Waals surface area contributed by atoms with E-state index < -0.39 is 11.9 Å². The molecule has 0 fully saturated rings. The van der Waals surface area contributed by atoms with Crippen LogP contribution >= 0.6 is 0 Å². The molecular formula is C9H12O4. The van der Waals surface area contributed by atoms with Crippen molar-refractivity contribution < 1.29 is 19.1 Å². The molecule has 4 nitrogen and oxygen atoms in total. The molecule has 4 heteroatoms. The monoisotopic (exact) mass is 184 g/mol. The Balaban J connectivity index is 4.30. The first-order valence-corrected chi connectivity index (χ1v) is 3.76. The maximum atomic E-state index is 10.9. The summed E-state index contributed by atoms with van der Waals surface area (Å²) in [6, 6.07) is 0. The van der Waals surface area contributed by atoms with Gasteiger partial charge in [-0.1, -0.05) is 13.5 Å². The smallest absolute Gasteiger partial charge is 0.336 e. The fourth-order valence-electron chi connectivity index (χ4n) is 0.584. The number of carbonyl (C=O) groups excluding carboxylic acids is 2. The highest BCUT2D eigenvalue weighted by atomic mass is 16.5. The van der Waals surface area contributed by atoms with Gasteiger partial charge in [-0.2, -0.15) is 0 Å². The van der Waals surface area contributed by atoms with Crippen LogP contribution in [0.2, 0.25) is 0 Å². The molecule has 72 valence electrons. The molecule has 0 heterocycles. The fourth-order valence-corrected chi connectivity index (χ4v) is 0.584. The normalized spacial score (nSPS) is 10.5. The summed E-state index contributed by atoms with van der Waals surface area (Å²) < 4.78 is 8.99. The first-order chi connectivity index (χ1) is 6.15. The lowest BCUT2D eigenvalue weighted by atomic mass is 10.2. The second kappa shape index (κ2) is 5.99. The highest BCUT2D eigenvalue weighted by Crippen LogP contribution is 2.03. The molecule has 0 radical (unpaired) electrons. The largest absolute Gasteiger partial charge is 0.466 e. The predicted octanol–water partition coefficient (Wildman–Crippen LogP) is 1.18. The second-order valence-corrected chi connectivity index (χ2v) is 2.13. The minimum Gasteiger partial charge on any atom is -0.466 e. The summed E-state index contributed by atoms with van der Waals surface area (Å²) in [4.78, 5) is 21.5. The first-order valence-electron chi connectivity index (χ1n) is 3.76. The summed E-state index contributed by atoms with van der Waals surface area (Å²) in [7, 11) is 1.27. The third kappa shape index (κ3) is 4.10. The lowest BCUT2D eigenvalue weighted by molar-refractivity contribution is -0.136. The van der Waals surface area contributed by atoms with Crippen LogP contribution in [0.15, 0.2) is 24.5 Å². The molecule has 0 aromatic rings. The fraction of sp³-hybridized carbons (Fsp3) is 0.333. The van der Waals surface area contributed by atoms with Gasteiger partial charge < -0.3 is 9.47 Å². The van der Waals surface area contributed by atoms with E-state index in [1.165, 1.54) is 7.11 Å². The molecule has 0 atom stereocenters. The molecule has 0 aliphatic rings. The van der Waals surface area contributed by atoms with E-state index in [9.17, 15) is 9.59 Å². The first kappa shape index (κ1) is 11.4. The zero-order valence-electron chi connectivity index (χ0n) is 7.70. The van der Waals surface area contributed by atoms with Crippen LogP contribution in [-0.4, -0.2) is 19.0 Å². The van der Waals surface area contributed by atoms with Gasteiger partial charge in [0.2, 0.25) is 0 Å². The van der Waals surface area contributed by atoms with Gasteiger partial charge in [-0.15, -0.1) is 0 Å². The van der Waals surface area contributed by atoms with E-state index in [2.05, 4.69) is 16.1 Å². The molecule has 0 amide bonds. The Morgan fingerprint density at radius 1 is 1.46 bits per heavy atom. The number of methoxy groups -OCH3 is 1. The number of esters is 2. The van der Waals surface area contributed by atoms with E-state index in [0.717, 1.165) is 12.3 Å². The van der Waals surface area contributed by atoms with Crippen molar-refractivity contribution >= 4 is 11.9 Å². The average Bonchev–Trinajstić information content (AvgIpc) is 2.17. The minimum absolute atomic E-state index is 0.303. The molecule has 0 bridgehead atoms. The van der Waals surface area contributed by atoms with Crippen LogP contribution < -0.4 is 0 Å². The molecule has 0 unspecified atom stereocenters. The second-order valence-electron chi connectivity index (χ2n) is 2.13. The van der Waals surface area contributed by atoms with E-state index >= 15 is 0 Å². The molecule has 0 aliphatic carbocycles. The van der Waals surface area contributed by atoms with Crippen LogP contribution in [0.5, 0.6) is 0 Å². The Kier molecular flexibility index (Phi) is 5.27. The van der Waals surface area contributed by atoms with Gasteiger partial charge in [0, 0.05) is 6.08 Å². The lowest BCUT2D eigenvalue weighted by Gasteiger charge is -2.00. The van der Waals surface area contributed by atoms with Crippen molar-refractivity contribution in [1.29, 1.82) is 0 Å². The van der Waals surface area contributed by atoms with E-state index in [1.54, 1.807) is 6.92 Å². The quantitative estimate of drug-likeness (QED) is 0.374. The number of carbonyl (C=O) groups is 2. The highest BCUT2D eigenvalue weighted by molar-refractivity contribution is 5.89. The van der Waals surface area contributed by atoms with E-state index in [-0.39, 0.29) is 0 Å². The van der Waals surface area contributed by atoms with Crippen LogP contribution in [0.25, 0.3) is 0 Å². The average molecular weight is 184 g/mol. The molecule has 0 aromatic heterocycles. The van der Waals surface area contributed by atoms with Crippen molar-refractivity contribution in [3.8, 4) is 0 Å². The summed E-state index contributed by atoms with van der Waals surface area (Å²) in [5, 5.41) is 0. The maximum absolute atomic E-state index is 10.9. The molecule has 13 heavy (non-hydrogen) atoms. The Morgan fingerprint density at radius 2 is 2.08 bits per heavy atom. The van der Waals surface area contributed by atoms with E-state index in [0.29, 0.717) is 12.0 Å². The van der Waals surface area contributed by atoms with Crippen molar-refractivity contribution in [2.45, 2.75) is 13.3 Å². The zero-order chi connectivity index (χ0) is 10.3. The van der Waals surface area contributed by atoms with Crippen LogP contribution in [0, 0.1) is 0 Å². The van der Waals surface area contributed by atoms with Crippen LogP contribution in [-0.2, 0) is 19.1 Å². The van der Waals surface area contributed by atoms with Crippen molar-refractivity contribution in [3.63, 3.8) is 0 Å². The van der Waals surface area contributed by atoms with Gasteiger partial charge in [-0.05, 0) is 6.42 Å². The van der Waals surface area contributed by atoms with Crippen molar-refractivity contribution in [1.82, 2.24) is 0 Å². The van der Waals surface area contributed by atoms with Crippen LogP contribution in [0.1, 0.15) is 13.3 Å². The molecule has 0 rings (SSSR count). The Morgan fingerprint density at radius 3 is 2.46 bits per heavy atom. The molecule has 0 saturated heterocycles. The highest BCUT2D eigenvalue weighted by Gasteiger charge is 2.07. The topological polar surface area (TPSA) is 52.6 Å². The molecule has 0 spiro atoms. The number of rotatable bonds is 4. The van der Waals surface area contributed by atoms with Crippen LogP contribution in [0.3, 0.4) is 0 Å². The predicted molar refractivity (Wildman–Crippen MR) is 46.7 cm³/mol. The summed E-state index contributed by atoms with van der Waals surface area (Å²) in [6.07, 6.45) is 2.54. The summed E-state index contributed by atoms with van der Waals surface area (Å²) in [6.45, 7) is 4.96. The van der Waals surface area contributed by atoms with Gasteiger partial charge in [0.15, 0.2) is 0 Å². The molecular weight excluding hydrogens is 172 g/mol. The number of hydrogen-bond donors (Lipinski definition) is 0. The number of ether oxygens (including phenoxy) is 2. The molecule has 0 saturated carbocycles. The van der Waals surface area contributed by atoms with Gasteiger partial charge in [-0.3, -0.25) is 0 Å². The summed E-state index contributed by atoms with van der Waals surface area (Å²) in [5.41, 5.74) is 0.303. The number of hydrogen-bond acceptors (Lipinski definition) is 4. The Labute approximate surface area is 76.8 Å². The van der Waals surface area contributed by atoms with Crippen molar-refractivity contribution in [2.24, 2.45) is 0 Å². The lowest BCUT2D eigenvalue weighted by Crippen LogP contribution is -2.05. The van der Waals surface area contributed by atoms with Gasteiger partial charge in [0.05, 0.1) is 12.7 Å². The summed E-state index contributed by atoms with van der Waals surface area (Å²) in [5.74, 6) is -1.10. The third-order valence-corrected chi connectivity index (χ3v) is 1.31. The Hall–Kier alpha value is -1.58. The van der Waals surface area contributed by atoms with Crippen LogP contribution in [0.4, 0.5) is 0 Å². The minimum atomic E-state index is -0.602. The third-order valence-electron chi connectivity index (χ3n) is 1.31. The van der Waals surface area contributed by atoms with Crippen molar-refractivity contribution in [3.05, 3.63) is 24.5 Å². The molecule has 0 aromatic carbocycles. The van der Waals surface area contributed by atoms with Gasteiger partial charge in [-0.25, -0.2) is 9.59 Å². The Bertz CT molecular complexity index is 240. The maximum Gasteiger partial charge on any atom is 0.336 e. The standard InChI is InChI=1S/C9H12O4/c1-4-7(9(11)12-3)6-13-8(10)5-2/h5-6H,2,4H2,1,3H3/b7-6+. The van der Waals surface area contributed by atoms with Gasteiger partial charge >= 0.3 is 11.9 Å². The zero-order valence-corrected chi connectivity index (χ0v) is 7.70. The molecule has 0 aliphatic heterocycles. The van der Waals surface area contributed by atoms with E-state index in [1.807, 2.05) is 0 Å². The SMILES string of the molecule is C=CC(=O)O/C=C(\CC)C(=O)OC. The van der Waals surface area contributed by atoms with Gasteiger partial charge in [0.1, 0.15) is 6.26 Å².